The molecule has 1 saturated carbocycles. The van der Waals surface area contributed by atoms with E-state index >= 15 is 0 Å². The van der Waals surface area contributed by atoms with Gasteiger partial charge >= 0.3 is 0 Å². The number of aromatic nitrogens is 1. The predicted octanol–water partition coefficient (Wildman–Crippen LogP) is 3.88. The number of nitrogens with zero attached hydrogens (tertiary/aromatic N) is 2. The van der Waals surface area contributed by atoms with Crippen molar-refractivity contribution in [3.05, 3.63) is 24.0 Å². The van der Waals surface area contributed by atoms with Gasteiger partial charge in [0.2, 0.25) is 0 Å². The average molecular weight is 273 g/mol. The van der Waals surface area contributed by atoms with Crippen molar-refractivity contribution in [2.45, 2.75) is 59.0 Å². The molecule has 1 N–H and O–H groups in total. The summed E-state index contributed by atoms with van der Waals surface area (Å²) < 4.78 is 2.28. The molecule has 0 aliphatic heterocycles. The molecule has 3 nitrogen and oxygen atoms in total. The Morgan fingerprint density at radius 2 is 2.20 bits per heavy atom. The van der Waals surface area contributed by atoms with Crippen molar-refractivity contribution in [2.24, 2.45) is 11.3 Å². The Hall–Kier alpha value is -1.27. The molecule has 1 heterocycles. The van der Waals surface area contributed by atoms with E-state index in [4.69, 9.17) is 5.26 Å². The van der Waals surface area contributed by atoms with Gasteiger partial charge in [-0.2, -0.15) is 5.26 Å². The molecule has 0 radical (unpaired) electrons. The molecule has 0 aromatic carbocycles. The number of rotatable bonds is 8. The summed E-state index contributed by atoms with van der Waals surface area (Å²) >= 11 is 0. The van der Waals surface area contributed by atoms with Gasteiger partial charge in [-0.1, -0.05) is 20.8 Å². The number of nitriles is 1. The first-order valence-corrected chi connectivity index (χ1v) is 7.86. The van der Waals surface area contributed by atoms with Crippen LogP contribution in [0.2, 0.25) is 0 Å². The number of nitrogens with one attached hydrogen (secondary N) is 1. The van der Waals surface area contributed by atoms with Gasteiger partial charge in [0.1, 0.15) is 0 Å². The Morgan fingerprint density at radius 3 is 2.75 bits per heavy atom. The zero-order chi connectivity index (χ0) is 14.6. The Balaban J connectivity index is 2.02. The van der Waals surface area contributed by atoms with Crippen molar-refractivity contribution in [1.82, 2.24) is 9.88 Å². The molecule has 1 fully saturated rings. The predicted molar refractivity (Wildman–Crippen MR) is 82.2 cm³/mol. The molecule has 2 rings (SSSR count). The highest BCUT2D eigenvalue weighted by atomic mass is 15.0. The molecule has 0 saturated heterocycles. The smallest absolute Gasteiger partial charge is 0.0628 e. The van der Waals surface area contributed by atoms with E-state index in [0.29, 0.717) is 18.4 Å². The van der Waals surface area contributed by atoms with E-state index in [9.17, 15) is 0 Å². The van der Waals surface area contributed by atoms with Gasteiger partial charge in [0, 0.05) is 36.8 Å². The minimum Gasteiger partial charge on any atom is -0.353 e. The monoisotopic (exact) mass is 273 g/mol. The van der Waals surface area contributed by atoms with Crippen LogP contribution in [0.1, 0.15) is 58.1 Å². The summed E-state index contributed by atoms with van der Waals surface area (Å²) in [7, 11) is 0. The summed E-state index contributed by atoms with van der Waals surface area (Å²) in [6.45, 7) is 8.80. The van der Waals surface area contributed by atoms with Crippen molar-refractivity contribution in [3.63, 3.8) is 0 Å². The summed E-state index contributed by atoms with van der Waals surface area (Å²) in [6.07, 6.45) is 8.71. The molecule has 1 atom stereocenters. The van der Waals surface area contributed by atoms with Gasteiger partial charge in [-0.05, 0) is 43.4 Å². The number of hydrogen-bond donors (Lipinski definition) is 1. The largest absolute Gasteiger partial charge is 0.353 e. The molecule has 1 aliphatic rings. The van der Waals surface area contributed by atoms with Crippen LogP contribution in [-0.2, 0) is 6.54 Å². The fourth-order valence-electron chi connectivity index (χ4n) is 2.90. The van der Waals surface area contributed by atoms with Crippen LogP contribution < -0.4 is 5.32 Å². The lowest BCUT2D eigenvalue weighted by Gasteiger charge is -2.21. The topological polar surface area (TPSA) is 40.8 Å². The quantitative estimate of drug-likeness (QED) is 0.781. The van der Waals surface area contributed by atoms with E-state index in [1.807, 2.05) is 0 Å². The lowest BCUT2D eigenvalue weighted by molar-refractivity contribution is 0.407. The van der Waals surface area contributed by atoms with Gasteiger partial charge < -0.3 is 9.88 Å². The van der Waals surface area contributed by atoms with E-state index in [0.717, 1.165) is 19.5 Å². The Morgan fingerprint density at radius 1 is 1.45 bits per heavy atom. The van der Waals surface area contributed by atoms with Crippen LogP contribution >= 0.6 is 0 Å². The molecule has 110 valence electrons. The van der Waals surface area contributed by atoms with Crippen LogP contribution in [0.25, 0.3) is 0 Å². The third-order valence-electron chi connectivity index (χ3n) is 4.34. The zero-order valence-electron chi connectivity index (χ0n) is 13.0. The molecule has 0 amide bonds. The standard InChI is InChI=1S/C17H27N3/c1-4-10-19-16(14(2)3)15-5-11-20(12-15)13-17(6-7-17)8-9-18/h5,11-12,14,16,19H,4,6-8,10,13H2,1-3H3. The van der Waals surface area contributed by atoms with E-state index in [-0.39, 0.29) is 5.41 Å². The van der Waals surface area contributed by atoms with Gasteiger partial charge in [0.25, 0.3) is 0 Å². The summed E-state index contributed by atoms with van der Waals surface area (Å²) in [5.74, 6) is 0.589. The maximum Gasteiger partial charge on any atom is 0.0628 e. The van der Waals surface area contributed by atoms with Gasteiger partial charge in [-0.15, -0.1) is 0 Å². The highest BCUT2D eigenvalue weighted by Gasteiger charge is 2.42. The van der Waals surface area contributed by atoms with Crippen molar-refractivity contribution in [3.8, 4) is 6.07 Å². The van der Waals surface area contributed by atoms with E-state index in [2.05, 4.69) is 55.2 Å². The van der Waals surface area contributed by atoms with Crippen LogP contribution in [0.3, 0.4) is 0 Å². The fraction of sp³-hybridized carbons (Fsp3) is 0.706. The van der Waals surface area contributed by atoms with Crippen molar-refractivity contribution < 1.29 is 0 Å². The second-order valence-electron chi connectivity index (χ2n) is 6.63. The first kappa shape index (κ1) is 15.1. The maximum atomic E-state index is 8.91. The highest BCUT2D eigenvalue weighted by Crippen LogP contribution is 2.50. The minimum atomic E-state index is 0.273. The molecule has 1 unspecified atom stereocenters. The first-order chi connectivity index (χ1) is 9.60. The minimum absolute atomic E-state index is 0.273. The van der Waals surface area contributed by atoms with Gasteiger partial charge in [0.15, 0.2) is 0 Å². The fourth-order valence-corrected chi connectivity index (χ4v) is 2.90. The second-order valence-corrected chi connectivity index (χ2v) is 6.63. The maximum absolute atomic E-state index is 8.91. The molecule has 1 aromatic rings. The molecular formula is C17H27N3. The number of hydrogen-bond acceptors (Lipinski definition) is 2. The van der Waals surface area contributed by atoms with E-state index < -0.39 is 0 Å². The zero-order valence-corrected chi connectivity index (χ0v) is 13.0. The third-order valence-corrected chi connectivity index (χ3v) is 4.34. The SMILES string of the molecule is CCCNC(c1ccn(CC2(CC#N)CC2)c1)C(C)C. The van der Waals surface area contributed by atoms with E-state index in [1.165, 1.54) is 18.4 Å². The Kier molecular flexibility index (Phi) is 4.88. The van der Waals surface area contributed by atoms with Crippen molar-refractivity contribution >= 4 is 0 Å². The van der Waals surface area contributed by atoms with Gasteiger partial charge in [-0.3, -0.25) is 0 Å². The summed E-state index contributed by atoms with van der Waals surface area (Å²) in [6, 6.07) is 5.01. The van der Waals surface area contributed by atoms with Crippen molar-refractivity contribution in [1.29, 1.82) is 5.26 Å². The molecule has 1 aromatic heterocycles. The highest BCUT2D eigenvalue weighted by molar-refractivity contribution is 5.17. The average Bonchev–Trinajstić information content (AvgIpc) is 2.99. The molecule has 1 aliphatic carbocycles. The molecule has 0 bridgehead atoms. The second kappa shape index (κ2) is 6.45. The van der Waals surface area contributed by atoms with Crippen molar-refractivity contribution in [2.75, 3.05) is 6.54 Å². The van der Waals surface area contributed by atoms with Gasteiger partial charge in [0.05, 0.1) is 6.07 Å². The normalized spacial score (nSPS) is 17.9. The summed E-state index contributed by atoms with van der Waals surface area (Å²) in [5, 5.41) is 12.6. The molecule has 0 spiro atoms. The molecular weight excluding hydrogens is 246 g/mol. The lowest BCUT2D eigenvalue weighted by Crippen LogP contribution is -2.26. The van der Waals surface area contributed by atoms with E-state index in [1.54, 1.807) is 0 Å². The Bertz CT molecular complexity index is 463. The third kappa shape index (κ3) is 3.64. The van der Waals surface area contributed by atoms with Crippen LogP contribution in [0.15, 0.2) is 18.5 Å². The lowest BCUT2D eigenvalue weighted by atomic mass is 9.98. The molecule has 3 heteroatoms. The summed E-state index contributed by atoms with van der Waals surface area (Å²) in [5.41, 5.74) is 1.65. The van der Waals surface area contributed by atoms with Crippen LogP contribution in [0.5, 0.6) is 0 Å². The van der Waals surface area contributed by atoms with Crippen LogP contribution in [-0.4, -0.2) is 11.1 Å². The first-order valence-electron chi connectivity index (χ1n) is 7.86. The van der Waals surface area contributed by atoms with Crippen LogP contribution in [0.4, 0.5) is 0 Å². The summed E-state index contributed by atoms with van der Waals surface area (Å²) in [4.78, 5) is 0. The van der Waals surface area contributed by atoms with Crippen LogP contribution in [0, 0.1) is 22.7 Å². The molecule has 20 heavy (non-hydrogen) atoms. The van der Waals surface area contributed by atoms with Gasteiger partial charge in [-0.25, -0.2) is 0 Å². The Labute approximate surface area is 123 Å².